The number of unbranched alkanes of at least 4 members (excludes halogenated alkanes) is 1. The molecular weight excluding hydrogens is 445 g/mol. The first-order valence-electron chi connectivity index (χ1n) is 9.80. The van der Waals surface area contributed by atoms with E-state index in [9.17, 15) is 27.2 Å². The fourth-order valence-corrected chi connectivity index (χ4v) is 3.78. The number of hydrogen-bond donors (Lipinski definition) is 2. The largest absolute Gasteiger partial charge is 0.454 e. The van der Waals surface area contributed by atoms with Gasteiger partial charge in [-0.25, -0.2) is 32.5 Å². The molecule has 3 N–H and O–H groups in total. The Labute approximate surface area is 181 Å². The van der Waals surface area contributed by atoms with E-state index in [0.717, 1.165) is 24.6 Å². The molecule has 2 aromatic heterocycles. The van der Waals surface area contributed by atoms with Gasteiger partial charge >= 0.3 is 11.7 Å². The smallest absolute Gasteiger partial charge is 0.341 e. The van der Waals surface area contributed by atoms with E-state index >= 15 is 0 Å². The first-order chi connectivity index (χ1) is 15.1. The zero-order valence-corrected chi connectivity index (χ0v) is 18.2. The molecule has 0 amide bonds. The van der Waals surface area contributed by atoms with Crippen molar-refractivity contribution in [2.75, 3.05) is 0 Å². The minimum atomic E-state index is -4.15. The zero-order valence-electron chi connectivity index (χ0n) is 17.4. The van der Waals surface area contributed by atoms with Gasteiger partial charge in [0, 0.05) is 13.1 Å². The SMILES string of the molecule is CCCCn1c(=O)[nH]c(=O)c2c1nc(COC(=O)c1cc(S(N)(=O)=O)ccc1F)n2CC. The fraction of sp³-hybridized carbons (Fsp3) is 0.368. The third-order valence-electron chi connectivity index (χ3n) is 4.83. The maximum absolute atomic E-state index is 14.1. The number of nitrogens with zero attached hydrogens (tertiary/aromatic N) is 3. The number of nitrogens with one attached hydrogen (secondary N) is 1. The molecule has 0 saturated heterocycles. The summed E-state index contributed by atoms with van der Waals surface area (Å²) in [5.74, 6) is -1.96. The van der Waals surface area contributed by atoms with Crippen molar-refractivity contribution in [2.45, 2.75) is 51.3 Å². The molecule has 0 fully saturated rings. The van der Waals surface area contributed by atoms with Crippen molar-refractivity contribution in [2.24, 2.45) is 5.14 Å². The van der Waals surface area contributed by atoms with Crippen LogP contribution in [0.5, 0.6) is 0 Å². The Morgan fingerprint density at radius 2 is 1.97 bits per heavy atom. The van der Waals surface area contributed by atoms with Gasteiger partial charge in [0.05, 0.1) is 10.5 Å². The number of halogens is 1. The number of primary sulfonamides is 1. The van der Waals surface area contributed by atoms with Crippen LogP contribution < -0.4 is 16.4 Å². The van der Waals surface area contributed by atoms with Crippen LogP contribution in [0.25, 0.3) is 11.2 Å². The van der Waals surface area contributed by atoms with Gasteiger partial charge in [0.25, 0.3) is 5.56 Å². The van der Waals surface area contributed by atoms with E-state index in [0.29, 0.717) is 13.0 Å². The van der Waals surface area contributed by atoms with Crippen LogP contribution >= 0.6 is 0 Å². The van der Waals surface area contributed by atoms with E-state index in [1.807, 2.05) is 6.92 Å². The number of ether oxygens (including phenoxy) is 1. The molecule has 0 aliphatic rings. The Morgan fingerprint density at radius 1 is 1.25 bits per heavy atom. The summed E-state index contributed by atoms with van der Waals surface area (Å²) in [6, 6.07) is 2.51. The van der Waals surface area contributed by atoms with Gasteiger partial charge in [-0.2, -0.15) is 0 Å². The predicted molar refractivity (Wildman–Crippen MR) is 112 cm³/mol. The molecule has 13 heteroatoms. The Bertz CT molecular complexity index is 1410. The van der Waals surface area contributed by atoms with Crippen LogP contribution in [0, 0.1) is 5.82 Å². The number of carbonyl (C=O) groups is 1. The van der Waals surface area contributed by atoms with Crippen molar-refractivity contribution in [1.82, 2.24) is 19.1 Å². The lowest BCUT2D eigenvalue weighted by molar-refractivity contribution is 0.0453. The van der Waals surface area contributed by atoms with Crippen LogP contribution in [-0.2, 0) is 34.5 Å². The molecule has 172 valence electrons. The second-order valence-corrected chi connectivity index (χ2v) is 8.53. The molecule has 0 saturated carbocycles. The maximum Gasteiger partial charge on any atom is 0.341 e. The van der Waals surface area contributed by atoms with Gasteiger partial charge in [-0.1, -0.05) is 13.3 Å². The molecule has 0 atom stereocenters. The molecule has 2 heterocycles. The second-order valence-electron chi connectivity index (χ2n) is 6.97. The number of aromatic nitrogens is 4. The first-order valence-corrected chi connectivity index (χ1v) is 11.3. The Morgan fingerprint density at radius 3 is 2.59 bits per heavy atom. The third kappa shape index (κ3) is 4.48. The number of carbonyl (C=O) groups excluding carboxylic acids is 1. The molecular formula is C19H22FN5O6S. The molecule has 0 bridgehead atoms. The summed E-state index contributed by atoms with van der Waals surface area (Å²) in [7, 11) is -4.15. The van der Waals surface area contributed by atoms with E-state index in [-0.39, 0.29) is 23.5 Å². The standard InChI is InChI=1S/C19H22FN5O6S/c1-3-5-8-25-16-15(17(26)23-19(25)28)24(4-2)14(22-16)10-31-18(27)12-9-11(32(21,29)30)6-7-13(12)20/h6-7,9H,3-5,8,10H2,1-2H3,(H2,21,29,30)(H,23,26,28). The number of nitrogens with two attached hydrogens (primary N) is 1. The van der Waals surface area contributed by atoms with E-state index in [4.69, 9.17) is 9.88 Å². The summed E-state index contributed by atoms with van der Waals surface area (Å²) in [5.41, 5.74) is -1.54. The summed E-state index contributed by atoms with van der Waals surface area (Å²) in [5, 5.41) is 5.02. The highest BCUT2D eigenvalue weighted by Gasteiger charge is 2.21. The number of aryl methyl sites for hydroxylation is 2. The normalized spacial score (nSPS) is 11.8. The number of H-pyrrole nitrogens is 1. The monoisotopic (exact) mass is 467 g/mol. The van der Waals surface area contributed by atoms with Crippen LogP contribution in [-0.4, -0.2) is 33.5 Å². The highest BCUT2D eigenvalue weighted by Crippen LogP contribution is 2.17. The average Bonchev–Trinajstić information content (AvgIpc) is 3.10. The topological polar surface area (TPSA) is 159 Å². The first kappa shape index (κ1) is 23.3. The van der Waals surface area contributed by atoms with Gasteiger partial charge in [-0.15, -0.1) is 0 Å². The van der Waals surface area contributed by atoms with Crippen molar-refractivity contribution in [1.29, 1.82) is 0 Å². The summed E-state index contributed by atoms with van der Waals surface area (Å²) >= 11 is 0. The van der Waals surface area contributed by atoms with Crippen LogP contribution in [0.2, 0.25) is 0 Å². The molecule has 1 aromatic carbocycles. The van der Waals surface area contributed by atoms with E-state index in [2.05, 4.69) is 9.97 Å². The van der Waals surface area contributed by atoms with Gasteiger partial charge in [-0.05, 0) is 31.5 Å². The molecule has 0 spiro atoms. The van der Waals surface area contributed by atoms with E-state index in [1.165, 1.54) is 9.13 Å². The van der Waals surface area contributed by atoms with Gasteiger partial charge in [0.1, 0.15) is 18.2 Å². The molecule has 3 aromatic rings. The van der Waals surface area contributed by atoms with Gasteiger partial charge in [0.15, 0.2) is 11.2 Å². The average molecular weight is 467 g/mol. The summed E-state index contributed by atoms with van der Waals surface area (Å²) in [6.07, 6.45) is 1.50. The van der Waals surface area contributed by atoms with E-state index < -0.39 is 50.1 Å². The molecule has 32 heavy (non-hydrogen) atoms. The highest BCUT2D eigenvalue weighted by atomic mass is 32.2. The lowest BCUT2D eigenvalue weighted by Crippen LogP contribution is -2.31. The Hall–Kier alpha value is -3.32. The molecule has 11 nitrogen and oxygen atoms in total. The van der Waals surface area contributed by atoms with Gasteiger partial charge < -0.3 is 9.30 Å². The lowest BCUT2D eigenvalue weighted by Gasteiger charge is -2.08. The number of hydrogen-bond acceptors (Lipinski definition) is 7. The van der Waals surface area contributed by atoms with E-state index in [1.54, 1.807) is 6.92 Å². The van der Waals surface area contributed by atoms with Crippen molar-refractivity contribution in [3.05, 3.63) is 56.2 Å². The minimum absolute atomic E-state index is 0.150. The Kier molecular flexibility index (Phi) is 6.60. The summed E-state index contributed by atoms with van der Waals surface area (Å²) < 4.78 is 45.0. The molecule has 3 rings (SSSR count). The van der Waals surface area contributed by atoms with Gasteiger partial charge in [0.2, 0.25) is 10.0 Å². The number of fused-ring (bicyclic) bond motifs is 1. The number of rotatable bonds is 8. The molecule has 0 radical (unpaired) electrons. The van der Waals surface area contributed by atoms with Crippen LogP contribution in [0.3, 0.4) is 0 Å². The predicted octanol–water partition coefficient (Wildman–Crippen LogP) is 0.850. The van der Waals surface area contributed by atoms with Crippen molar-refractivity contribution in [3.8, 4) is 0 Å². The lowest BCUT2D eigenvalue weighted by atomic mass is 10.2. The highest BCUT2D eigenvalue weighted by molar-refractivity contribution is 7.89. The van der Waals surface area contributed by atoms with Gasteiger partial charge in [-0.3, -0.25) is 14.3 Å². The molecule has 0 aliphatic heterocycles. The quantitative estimate of drug-likeness (QED) is 0.465. The minimum Gasteiger partial charge on any atom is -0.454 e. The zero-order chi connectivity index (χ0) is 23.6. The number of benzene rings is 1. The third-order valence-corrected chi connectivity index (χ3v) is 5.75. The molecule has 0 aliphatic carbocycles. The van der Waals surface area contributed by atoms with Crippen molar-refractivity contribution in [3.63, 3.8) is 0 Å². The van der Waals surface area contributed by atoms with Crippen LogP contribution in [0.1, 0.15) is 42.9 Å². The number of sulfonamides is 1. The summed E-state index contributed by atoms with van der Waals surface area (Å²) in [4.78, 5) is 43.2. The second kappa shape index (κ2) is 9.04. The fourth-order valence-electron chi connectivity index (χ4n) is 3.24. The number of imidazole rings is 1. The van der Waals surface area contributed by atoms with Crippen molar-refractivity contribution < 1.29 is 22.3 Å². The van der Waals surface area contributed by atoms with Crippen LogP contribution in [0.15, 0.2) is 32.7 Å². The van der Waals surface area contributed by atoms with Crippen LogP contribution in [0.4, 0.5) is 4.39 Å². The Balaban J connectivity index is 1.98. The summed E-state index contributed by atoms with van der Waals surface area (Å²) in [6.45, 7) is 3.87. The maximum atomic E-state index is 14.1. The number of aromatic amines is 1. The van der Waals surface area contributed by atoms with Crippen molar-refractivity contribution >= 4 is 27.2 Å². The molecule has 0 unspecified atom stereocenters. The number of esters is 1.